The molecule has 0 aliphatic heterocycles. The monoisotopic (exact) mass is 374 g/mol. The molecule has 0 spiro atoms. The lowest BCUT2D eigenvalue weighted by atomic mass is 9.80. The third kappa shape index (κ3) is 6.38. The molecule has 2 amide bonds. The van der Waals surface area contributed by atoms with E-state index in [0.717, 1.165) is 44.0 Å². The normalized spacial score (nSPS) is 16.8. The molecule has 1 aromatic rings. The zero-order valence-electron chi connectivity index (χ0n) is 16.0. The highest BCUT2D eigenvalue weighted by molar-refractivity contribution is 5.91. The van der Waals surface area contributed by atoms with Gasteiger partial charge in [-0.2, -0.15) is 0 Å². The topological polar surface area (TPSA) is 84.5 Å². The average Bonchev–Trinajstić information content (AvgIpc) is 2.70. The maximum Gasteiger partial charge on any atom is 0.408 e. The molecule has 1 aliphatic rings. The average molecular weight is 374 g/mol. The van der Waals surface area contributed by atoms with Crippen LogP contribution in [0.1, 0.15) is 63.9 Å². The highest BCUT2D eigenvalue weighted by Gasteiger charge is 2.42. The summed E-state index contributed by atoms with van der Waals surface area (Å²) in [5.74, 6) is -0.285. The molecule has 1 aliphatic carbocycles. The van der Waals surface area contributed by atoms with Crippen molar-refractivity contribution in [2.75, 3.05) is 0 Å². The predicted molar refractivity (Wildman–Crippen MR) is 103 cm³/mol. The molecular formula is C21H30N2O4. The summed E-state index contributed by atoms with van der Waals surface area (Å²) >= 11 is 0. The van der Waals surface area contributed by atoms with Gasteiger partial charge in [-0.25, -0.2) is 4.79 Å². The summed E-state index contributed by atoms with van der Waals surface area (Å²) in [6.07, 6.45) is 6.45. The number of hydrogen-bond donors (Lipinski definition) is 2. The fraction of sp³-hybridized carbons (Fsp3) is 0.571. The number of carbonyl (C=O) groups excluding carboxylic acids is 3. The summed E-state index contributed by atoms with van der Waals surface area (Å²) in [5.41, 5.74) is -0.116. The Morgan fingerprint density at radius 2 is 1.89 bits per heavy atom. The molecule has 0 saturated heterocycles. The van der Waals surface area contributed by atoms with Crippen molar-refractivity contribution in [3.05, 3.63) is 35.9 Å². The largest absolute Gasteiger partial charge is 0.445 e. The van der Waals surface area contributed by atoms with E-state index >= 15 is 0 Å². The molecule has 6 nitrogen and oxygen atoms in total. The van der Waals surface area contributed by atoms with Crippen LogP contribution in [0.3, 0.4) is 0 Å². The Kier molecular flexibility index (Phi) is 8.30. The molecule has 1 atom stereocenters. The SMILES string of the molecule is CCCC[C@@H](C=O)NC(=O)C1(NC(=O)OCc2ccccc2)CCCCC1. The standard InChI is InChI=1S/C21H30N2O4/c1-2-3-12-18(15-24)22-19(25)21(13-8-5-9-14-21)23-20(26)27-16-17-10-6-4-7-11-17/h4,6-7,10-11,15,18H,2-3,5,8-9,12-14,16H2,1H3,(H,22,25)(H,23,26)/t18-/m0/s1. The second-order valence-corrected chi connectivity index (χ2v) is 7.19. The quantitative estimate of drug-likeness (QED) is 0.648. The number of nitrogens with one attached hydrogen (secondary N) is 2. The number of hydrogen-bond acceptors (Lipinski definition) is 4. The van der Waals surface area contributed by atoms with Crippen molar-refractivity contribution < 1.29 is 19.1 Å². The Bertz CT molecular complexity index is 612. The first-order valence-corrected chi connectivity index (χ1v) is 9.85. The molecule has 1 fully saturated rings. The molecule has 2 rings (SSSR count). The molecule has 2 N–H and O–H groups in total. The van der Waals surface area contributed by atoms with Crippen LogP contribution in [0.15, 0.2) is 30.3 Å². The molecule has 1 aromatic carbocycles. The minimum atomic E-state index is -1.00. The first kappa shape index (κ1) is 20.9. The Balaban J connectivity index is 1.98. The van der Waals surface area contributed by atoms with E-state index in [1.165, 1.54) is 0 Å². The van der Waals surface area contributed by atoms with E-state index in [0.29, 0.717) is 19.3 Å². The first-order chi connectivity index (χ1) is 13.1. The minimum Gasteiger partial charge on any atom is -0.445 e. The highest BCUT2D eigenvalue weighted by Crippen LogP contribution is 2.29. The van der Waals surface area contributed by atoms with E-state index in [4.69, 9.17) is 4.74 Å². The van der Waals surface area contributed by atoms with Crippen LogP contribution in [0.5, 0.6) is 0 Å². The number of amides is 2. The lowest BCUT2D eigenvalue weighted by Crippen LogP contribution is -2.61. The van der Waals surface area contributed by atoms with Gasteiger partial charge in [0.15, 0.2) is 0 Å². The van der Waals surface area contributed by atoms with Crippen molar-refractivity contribution in [3.8, 4) is 0 Å². The number of alkyl carbamates (subject to hydrolysis) is 1. The zero-order valence-corrected chi connectivity index (χ0v) is 16.0. The summed E-state index contributed by atoms with van der Waals surface area (Å²) in [7, 11) is 0. The number of carbonyl (C=O) groups is 3. The molecule has 148 valence electrons. The van der Waals surface area contributed by atoms with Crippen LogP contribution in [0.2, 0.25) is 0 Å². The van der Waals surface area contributed by atoms with Crippen molar-refractivity contribution in [1.29, 1.82) is 0 Å². The molecule has 6 heteroatoms. The molecule has 0 bridgehead atoms. The number of benzene rings is 1. The molecule has 1 saturated carbocycles. The van der Waals surface area contributed by atoms with Crippen LogP contribution in [0, 0.1) is 0 Å². The fourth-order valence-corrected chi connectivity index (χ4v) is 3.42. The van der Waals surface area contributed by atoms with Gasteiger partial charge in [0.1, 0.15) is 18.4 Å². The molecule has 0 aromatic heterocycles. The van der Waals surface area contributed by atoms with Crippen LogP contribution in [-0.2, 0) is 20.9 Å². The van der Waals surface area contributed by atoms with Crippen LogP contribution in [0.4, 0.5) is 4.79 Å². The third-order valence-corrected chi connectivity index (χ3v) is 5.05. The van der Waals surface area contributed by atoms with E-state index in [1.54, 1.807) is 0 Å². The number of rotatable bonds is 9. The van der Waals surface area contributed by atoms with Gasteiger partial charge in [-0.3, -0.25) is 4.79 Å². The predicted octanol–water partition coefficient (Wildman–Crippen LogP) is 3.49. The van der Waals surface area contributed by atoms with E-state index < -0.39 is 17.7 Å². The van der Waals surface area contributed by atoms with Gasteiger partial charge in [0.25, 0.3) is 0 Å². The number of unbranched alkanes of at least 4 members (excludes halogenated alkanes) is 1. The summed E-state index contributed by atoms with van der Waals surface area (Å²) < 4.78 is 5.30. The second-order valence-electron chi connectivity index (χ2n) is 7.19. The smallest absolute Gasteiger partial charge is 0.408 e. The summed E-state index contributed by atoms with van der Waals surface area (Å²) in [6.45, 7) is 2.19. The van der Waals surface area contributed by atoms with E-state index in [-0.39, 0.29) is 12.5 Å². The Morgan fingerprint density at radius 3 is 2.52 bits per heavy atom. The summed E-state index contributed by atoms with van der Waals surface area (Å²) in [6, 6.07) is 8.88. The van der Waals surface area contributed by atoms with Crippen molar-refractivity contribution in [2.24, 2.45) is 0 Å². The Labute approximate surface area is 161 Å². The molecule has 0 radical (unpaired) electrons. The number of aldehydes is 1. The van der Waals surface area contributed by atoms with Crippen LogP contribution >= 0.6 is 0 Å². The van der Waals surface area contributed by atoms with Gasteiger partial charge in [0.2, 0.25) is 5.91 Å². The van der Waals surface area contributed by atoms with Crippen LogP contribution < -0.4 is 10.6 Å². The molecule has 27 heavy (non-hydrogen) atoms. The molecule has 0 heterocycles. The lowest BCUT2D eigenvalue weighted by Gasteiger charge is -2.36. The minimum absolute atomic E-state index is 0.151. The van der Waals surface area contributed by atoms with E-state index in [9.17, 15) is 14.4 Å². The lowest BCUT2D eigenvalue weighted by molar-refractivity contribution is -0.131. The number of ether oxygens (including phenoxy) is 1. The van der Waals surface area contributed by atoms with Gasteiger partial charge in [-0.1, -0.05) is 69.4 Å². The first-order valence-electron chi connectivity index (χ1n) is 9.85. The van der Waals surface area contributed by atoms with Gasteiger partial charge >= 0.3 is 6.09 Å². The summed E-state index contributed by atoms with van der Waals surface area (Å²) in [4.78, 5) is 36.5. The van der Waals surface area contributed by atoms with Crippen molar-refractivity contribution in [2.45, 2.75) is 76.5 Å². The van der Waals surface area contributed by atoms with Gasteiger partial charge in [-0.05, 0) is 24.8 Å². The van der Waals surface area contributed by atoms with Gasteiger partial charge in [0.05, 0.1) is 6.04 Å². The molecule has 0 unspecified atom stereocenters. The van der Waals surface area contributed by atoms with Crippen LogP contribution in [0.25, 0.3) is 0 Å². The van der Waals surface area contributed by atoms with Crippen molar-refractivity contribution in [3.63, 3.8) is 0 Å². The fourth-order valence-electron chi connectivity index (χ4n) is 3.42. The highest BCUT2D eigenvalue weighted by atomic mass is 16.5. The Hall–Kier alpha value is -2.37. The summed E-state index contributed by atoms with van der Waals surface area (Å²) in [5, 5.41) is 5.61. The third-order valence-electron chi connectivity index (χ3n) is 5.05. The second kappa shape index (κ2) is 10.7. The van der Waals surface area contributed by atoms with Gasteiger partial charge in [-0.15, -0.1) is 0 Å². The van der Waals surface area contributed by atoms with E-state index in [1.807, 2.05) is 37.3 Å². The van der Waals surface area contributed by atoms with E-state index in [2.05, 4.69) is 10.6 Å². The van der Waals surface area contributed by atoms with Gasteiger partial charge < -0.3 is 20.2 Å². The van der Waals surface area contributed by atoms with Crippen molar-refractivity contribution >= 4 is 18.3 Å². The maximum atomic E-state index is 12.9. The zero-order chi connectivity index (χ0) is 19.5. The maximum absolute atomic E-state index is 12.9. The van der Waals surface area contributed by atoms with Crippen LogP contribution in [-0.4, -0.2) is 29.9 Å². The van der Waals surface area contributed by atoms with Crippen molar-refractivity contribution in [1.82, 2.24) is 10.6 Å². The molecular weight excluding hydrogens is 344 g/mol. The van der Waals surface area contributed by atoms with Gasteiger partial charge in [0, 0.05) is 0 Å². The Morgan fingerprint density at radius 1 is 1.19 bits per heavy atom.